The molecule has 2 heterocycles. The van der Waals surface area contributed by atoms with Gasteiger partial charge < -0.3 is 5.73 Å². The highest BCUT2D eigenvalue weighted by atomic mass is 79.9. The Morgan fingerprint density at radius 3 is 2.10 bits per heavy atom. The van der Waals surface area contributed by atoms with Gasteiger partial charge >= 0.3 is 0 Å². The lowest BCUT2D eigenvalue weighted by Gasteiger charge is -2.17. The third-order valence-electron chi connectivity index (χ3n) is 4.68. The molecule has 0 saturated heterocycles. The van der Waals surface area contributed by atoms with Gasteiger partial charge in [0.15, 0.2) is 0 Å². The summed E-state index contributed by atoms with van der Waals surface area (Å²) in [5, 5.41) is 0. The van der Waals surface area contributed by atoms with Crippen molar-refractivity contribution in [3.8, 4) is 0 Å². The first-order chi connectivity index (χ1) is 13.8. The lowest BCUT2D eigenvalue weighted by molar-refractivity contribution is 0.0926. The van der Waals surface area contributed by atoms with Gasteiger partial charge in [0, 0.05) is 23.0 Å². The largest absolute Gasteiger partial charge is 0.324 e. The highest BCUT2D eigenvalue weighted by Gasteiger charge is 2.36. The average Bonchev–Trinajstić information content (AvgIpc) is 2.93. The number of halogens is 4. The molecule has 0 radical (unpaired) electrons. The number of carbonyl (C=O) groups is 2. The number of nitrogens with two attached hydrogens (primary N) is 1. The van der Waals surface area contributed by atoms with Crippen LogP contribution in [0.1, 0.15) is 38.0 Å². The summed E-state index contributed by atoms with van der Waals surface area (Å²) in [5.41, 5.74) is 7.92. The number of imide groups is 1. The number of anilines is 1. The SMILES string of the molecule is Cl.NC(Cc1ncc(N2C(=O)c3ccccc3C2=O)cc1Br)c1cc(F)cc(F)c1. The van der Waals surface area contributed by atoms with E-state index in [1.807, 2.05) is 0 Å². The number of nitrogens with zero attached hydrogens (tertiary/aromatic N) is 2. The molecule has 154 valence electrons. The van der Waals surface area contributed by atoms with Crippen molar-refractivity contribution in [2.75, 3.05) is 4.90 Å². The van der Waals surface area contributed by atoms with Crippen molar-refractivity contribution in [1.29, 1.82) is 0 Å². The summed E-state index contributed by atoms with van der Waals surface area (Å²) >= 11 is 3.38. The molecule has 1 aliphatic heterocycles. The van der Waals surface area contributed by atoms with Crippen LogP contribution in [0.4, 0.5) is 14.5 Å². The number of aromatic nitrogens is 1. The number of carbonyl (C=O) groups excluding carboxylic acids is 2. The van der Waals surface area contributed by atoms with Crippen LogP contribution in [0.25, 0.3) is 0 Å². The van der Waals surface area contributed by atoms with Crippen LogP contribution in [0.5, 0.6) is 0 Å². The molecule has 0 spiro atoms. The minimum atomic E-state index is -0.705. The van der Waals surface area contributed by atoms with E-state index in [4.69, 9.17) is 5.73 Å². The molecule has 4 rings (SSSR count). The monoisotopic (exact) mass is 493 g/mol. The molecule has 0 bridgehead atoms. The highest BCUT2D eigenvalue weighted by molar-refractivity contribution is 9.10. The van der Waals surface area contributed by atoms with Gasteiger partial charge in [-0.15, -0.1) is 12.4 Å². The normalized spacial score (nSPS) is 13.8. The molecule has 0 aliphatic carbocycles. The predicted octanol–water partition coefficient (Wildman–Crippen LogP) is 4.59. The Labute approximate surface area is 185 Å². The van der Waals surface area contributed by atoms with Gasteiger partial charge in [-0.1, -0.05) is 12.1 Å². The van der Waals surface area contributed by atoms with E-state index in [-0.39, 0.29) is 18.8 Å². The van der Waals surface area contributed by atoms with Gasteiger partial charge in [-0.3, -0.25) is 14.6 Å². The maximum absolute atomic E-state index is 13.4. The van der Waals surface area contributed by atoms with Crippen LogP contribution in [0.3, 0.4) is 0 Å². The lowest BCUT2D eigenvalue weighted by Crippen LogP contribution is -2.29. The number of fused-ring (bicyclic) bond motifs is 1. The van der Waals surface area contributed by atoms with Crippen molar-refractivity contribution in [1.82, 2.24) is 4.98 Å². The number of hydrogen-bond donors (Lipinski definition) is 1. The van der Waals surface area contributed by atoms with Crippen LogP contribution >= 0.6 is 28.3 Å². The van der Waals surface area contributed by atoms with E-state index in [9.17, 15) is 18.4 Å². The van der Waals surface area contributed by atoms with Crippen molar-refractivity contribution < 1.29 is 18.4 Å². The molecule has 2 amide bonds. The molecular formula is C21H15BrClF2N3O2. The molecule has 2 N–H and O–H groups in total. The molecule has 5 nitrogen and oxygen atoms in total. The third-order valence-corrected chi connectivity index (χ3v) is 5.37. The van der Waals surface area contributed by atoms with Crippen molar-refractivity contribution in [3.63, 3.8) is 0 Å². The van der Waals surface area contributed by atoms with Gasteiger partial charge in [0.25, 0.3) is 11.8 Å². The standard InChI is InChI=1S/C21H14BrF2N3O2.ClH/c22-17-8-14(27-20(28)15-3-1-2-4-16(15)21(27)29)10-26-19(17)9-18(25)11-5-12(23)7-13(24)6-11;/h1-8,10,18H,9,25H2;1H. The van der Waals surface area contributed by atoms with Crippen LogP contribution in [0.15, 0.2) is 59.2 Å². The summed E-state index contributed by atoms with van der Waals surface area (Å²) < 4.78 is 27.4. The summed E-state index contributed by atoms with van der Waals surface area (Å²) in [6.07, 6.45) is 1.60. The van der Waals surface area contributed by atoms with E-state index in [0.29, 0.717) is 32.5 Å². The maximum Gasteiger partial charge on any atom is 0.266 e. The van der Waals surface area contributed by atoms with E-state index < -0.39 is 29.5 Å². The smallest absolute Gasteiger partial charge is 0.266 e. The predicted molar refractivity (Wildman–Crippen MR) is 114 cm³/mol. The summed E-state index contributed by atoms with van der Waals surface area (Å²) in [4.78, 5) is 30.6. The molecule has 30 heavy (non-hydrogen) atoms. The van der Waals surface area contributed by atoms with E-state index in [0.717, 1.165) is 11.0 Å². The van der Waals surface area contributed by atoms with Crippen LogP contribution in [-0.4, -0.2) is 16.8 Å². The van der Waals surface area contributed by atoms with Gasteiger partial charge in [-0.25, -0.2) is 13.7 Å². The summed E-state index contributed by atoms with van der Waals surface area (Å²) in [5.74, 6) is -2.25. The summed E-state index contributed by atoms with van der Waals surface area (Å²) in [6.45, 7) is 0. The molecule has 0 saturated carbocycles. The van der Waals surface area contributed by atoms with Gasteiger partial charge in [0.05, 0.1) is 28.7 Å². The number of hydrogen-bond acceptors (Lipinski definition) is 4. The molecule has 1 aromatic heterocycles. The molecule has 2 aromatic carbocycles. The van der Waals surface area contributed by atoms with Crippen molar-refractivity contribution >= 4 is 45.8 Å². The van der Waals surface area contributed by atoms with Gasteiger partial charge in [-0.2, -0.15) is 0 Å². The molecule has 9 heteroatoms. The third kappa shape index (κ3) is 3.98. The Morgan fingerprint density at radius 2 is 1.57 bits per heavy atom. The van der Waals surface area contributed by atoms with Gasteiger partial charge in [-0.05, 0) is 51.8 Å². The molecular weight excluding hydrogens is 480 g/mol. The Kier molecular flexibility index (Phi) is 6.30. The summed E-state index contributed by atoms with van der Waals surface area (Å²) in [7, 11) is 0. The van der Waals surface area contributed by atoms with Crippen molar-refractivity contribution in [3.05, 3.63) is 93.2 Å². The summed E-state index contributed by atoms with van der Waals surface area (Å²) in [6, 6.07) is 10.6. The van der Waals surface area contributed by atoms with Crippen molar-refractivity contribution in [2.24, 2.45) is 5.73 Å². The molecule has 0 fully saturated rings. The van der Waals surface area contributed by atoms with Crippen LogP contribution in [0, 0.1) is 11.6 Å². The molecule has 1 unspecified atom stereocenters. The Balaban J connectivity index is 0.00000256. The maximum atomic E-state index is 13.4. The topological polar surface area (TPSA) is 76.3 Å². The van der Waals surface area contributed by atoms with Crippen LogP contribution < -0.4 is 10.6 Å². The quantitative estimate of drug-likeness (QED) is 0.539. The highest BCUT2D eigenvalue weighted by Crippen LogP contribution is 2.31. The number of amides is 2. The van der Waals surface area contributed by atoms with E-state index in [2.05, 4.69) is 20.9 Å². The average molecular weight is 495 g/mol. The van der Waals surface area contributed by atoms with Crippen LogP contribution in [-0.2, 0) is 6.42 Å². The van der Waals surface area contributed by atoms with Crippen molar-refractivity contribution in [2.45, 2.75) is 12.5 Å². The Bertz CT molecular complexity index is 1100. The van der Waals surface area contributed by atoms with Crippen LogP contribution in [0.2, 0.25) is 0 Å². The second-order valence-corrected chi connectivity index (χ2v) is 7.48. The minimum absolute atomic E-state index is 0. The number of pyridine rings is 1. The zero-order valence-electron chi connectivity index (χ0n) is 15.3. The van der Waals surface area contributed by atoms with Gasteiger partial charge in [0.2, 0.25) is 0 Å². The Morgan fingerprint density at radius 1 is 1.00 bits per heavy atom. The zero-order valence-corrected chi connectivity index (χ0v) is 17.7. The van der Waals surface area contributed by atoms with E-state index in [1.54, 1.807) is 30.3 Å². The second kappa shape index (κ2) is 8.59. The Hall–Kier alpha value is -2.68. The first kappa shape index (κ1) is 22.0. The molecule has 3 aromatic rings. The first-order valence-corrected chi connectivity index (χ1v) is 9.48. The zero-order chi connectivity index (χ0) is 20.7. The van der Waals surface area contributed by atoms with E-state index >= 15 is 0 Å². The van der Waals surface area contributed by atoms with Gasteiger partial charge in [0.1, 0.15) is 11.6 Å². The van der Waals surface area contributed by atoms with E-state index in [1.165, 1.54) is 18.3 Å². The fraction of sp³-hybridized carbons (Fsp3) is 0.0952. The minimum Gasteiger partial charge on any atom is -0.324 e. The number of benzene rings is 2. The second-order valence-electron chi connectivity index (χ2n) is 6.63. The first-order valence-electron chi connectivity index (χ1n) is 8.69. The molecule has 1 aliphatic rings. The fourth-order valence-corrected chi connectivity index (χ4v) is 3.77. The molecule has 1 atom stereocenters. The fourth-order valence-electron chi connectivity index (χ4n) is 3.27. The lowest BCUT2D eigenvalue weighted by atomic mass is 10.0. The number of rotatable bonds is 4.